The molecular weight excluding hydrogens is 296 g/mol. The molecule has 0 aliphatic rings. The topological polar surface area (TPSA) is 59.8 Å². The zero-order chi connectivity index (χ0) is 12.8. The lowest BCUT2D eigenvalue weighted by Gasteiger charge is -2.05. The van der Waals surface area contributed by atoms with Crippen LogP contribution in [0.3, 0.4) is 0 Å². The minimum absolute atomic E-state index is 0.00507. The van der Waals surface area contributed by atoms with Crippen LogP contribution in [-0.2, 0) is 17.9 Å². The average molecular weight is 309 g/mol. The number of carbonyl (C=O) groups is 1. The zero-order valence-electron chi connectivity index (χ0n) is 9.71. The summed E-state index contributed by atoms with van der Waals surface area (Å²) in [6, 6.07) is 3.78. The Bertz CT molecular complexity index is 512. The number of aryl methyl sites for hydroxylation is 1. The maximum Gasteiger partial charge on any atom is 0.222 e. The van der Waals surface area contributed by atoms with E-state index in [1.165, 1.54) is 0 Å². The Hall–Kier alpha value is -1.69. The van der Waals surface area contributed by atoms with Gasteiger partial charge in [-0.2, -0.15) is 5.10 Å². The molecule has 0 unspecified atom stereocenters. The third-order valence-electron chi connectivity index (χ3n) is 2.38. The predicted molar refractivity (Wildman–Crippen MR) is 70.6 cm³/mol. The summed E-state index contributed by atoms with van der Waals surface area (Å²) in [7, 11) is 0. The second-order valence-electron chi connectivity index (χ2n) is 3.81. The summed E-state index contributed by atoms with van der Waals surface area (Å²) in [5.74, 6) is 0.00507. The smallest absolute Gasteiger partial charge is 0.222 e. The first-order chi connectivity index (χ1) is 8.74. The first-order valence-corrected chi connectivity index (χ1v) is 6.37. The fourth-order valence-electron chi connectivity index (χ4n) is 1.47. The van der Waals surface area contributed by atoms with E-state index in [1.807, 2.05) is 18.3 Å². The van der Waals surface area contributed by atoms with Gasteiger partial charge in [-0.15, -0.1) is 0 Å². The second-order valence-corrected chi connectivity index (χ2v) is 4.73. The van der Waals surface area contributed by atoms with E-state index in [1.54, 1.807) is 23.3 Å². The predicted octanol–water partition coefficient (Wildman–Crippen LogP) is 1.75. The molecule has 0 atom stereocenters. The van der Waals surface area contributed by atoms with Crippen LogP contribution in [0.15, 0.2) is 41.4 Å². The molecule has 2 aromatic heterocycles. The van der Waals surface area contributed by atoms with Crippen LogP contribution in [-0.4, -0.2) is 20.7 Å². The van der Waals surface area contributed by atoms with Crippen molar-refractivity contribution in [3.63, 3.8) is 0 Å². The Balaban J connectivity index is 1.73. The molecule has 0 aliphatic heterocycles. The van der Waals surface area contributed by atoms with Crippen LogP contribution in [0.4, 0.5) is 0 Å². The first-order valence-electron chi connectivity index (χ1n) is 5.57. The number of carbonyl (C=O) groups excluding carboxylic acids is 1. The summed E-state index contributed by atoms with van der Waals surface area (Å²) in [4.78, 5) is 15.6. The molecule has 1 N–H and O–H groups in total. The molecular formula is C12H13BrN4O. The van der Waals surface area contributed by atoms with Gasteiger partial charge in [0.25, 0.3) is 0 Å². The first kappa shape index (κ1) is 12.8. The monoisotopic (exact) mass is 308 g/mol. The fraction of sp³-hybridized carbons (Fsp3) is 0.250. The third-order valence-corrected chi connectivity index (χ3v) is 2.79. The van der Waals surface area contributed by atoms with Gasteiger partial charge in [-0.3, -0.25) is 14.5 Å². The van der Waals surface area contributed by atoms with Gasteiger partial charge in [-0.25, -0.2) is 0 Å². The quantitative estimate of drug-likeness (QED) is 0.915. The average Bonchev–Trinajstić information content (AvgIpc) is 2.81. The van der Waals surface area contributed by atoms with Crippen molar-refractivity contribution in [1.29, 1.82) is 0 Å². The Labute approximate surface area is 113 Å². The third kappa shape index (κ3) is 3.96. The molecule has 0 aliphatic carbocycles. The van der Waals surface area contributed by atoms with Crippen LogP contribution in [0.2, 0.25) is 0 Å². The highest BCUT2D eigenvalue weighted by Crippen LogP contribution is 2.06. The van der Waals surface area contributed by atoms with Crippen molar-refractivity contribution >= 4 is 21.8 Å². The Morgan fingerprint density at radius 1 is 1.44 bits per heavy atom. The summed E-state index contributed by atoms with van der Waals surface area (Å²) in [5, 5.41) is 6.93. The minimum Gasteiger partial charge on any atom is -0.352 e. The number of pyridine rings is 1. The molecule has 94 valence electrons. The Morgan fingerprint density at radius 3 is 3.00 bits per heavy atom. The highest BCUT2D eigenvalue weighted by atomic mass is 79.9. The van der Waals surface area contributed by atoms with Crippen molar-refractivity contribution in [2.45, 2.75) is 19.5 Å². The van der Waals surface area contributed by atoms with Gasteiger partial charge >= 0.3 is 0 Å². The molecule has 18 heavy (non-hydrogen) atoms. The van der Waals surface area contributed by atoms with Crippen molar-refractivity contribution in [2.24, 2.45) is 0 Å². The lowest BCUT2D eigenvalue weighted by Crippen LogP contribution is -2.24. The molecule has 0 aromatic carbocycles. The van der Waals surface area contributed by atoms with Gasteiger partial charge in [0.2, 0.25) is 5.91 Å². The van der Waals surface area contributed by atoms with Gasteiger partial charge in [-0.1, -0.05) is 6.07 Å². The van der Waals surface area contributed by atoms with E-state index in [2.05, 4.69) is 31.3 Å². The lowest BCUT2D eigenvalue weighted by atomic mass is 10.3. The normalized spacial score (nSPS) is 10.3. The van der Waals surface area contributed by atoms with Crippen LogP contribution in [0.5, 0.6) is 0 Å². The Kier molecular flexibility index (Phi) is 4.46. The maximum atomic E-state index is 11.6. The highest BCUT2D eigenvalue weighted by molar-refractivity contribution is 9.10. The molecule has 0 radical (unpaired) electrons. The molecule has 1 amide bonds. The molecule has 2 rings (SSSR count). The number of aromatic nitrogens is 3. The van der Waals surface area contributed by atoms with Crippen molar-refractivity contribution < 1.29 is 4.79 Å². The van der Waals surface area contributed by atoms with E-state index in [4.69, 9.17) is 0 Å². The van der Waals surface area contributed by atoms with E-state index in [0.717, 1.165) is 10.0 Å². The van der Waals surface area contributed by atoms with Gasteiger partial charge in [0.1, 0.15) is 0 Å². The zero-order valence-corrected chi connectivity index (χ0v) is 11.3. The van der Waals surface area contributed by atoms with Gasteiger partial charge in [0.05, 0.1) is 10.7 Å². The lowest BCUT2D eigenvalue weighted by molar-refractivity contribution is -0.121. The molecule has 5 nitrogen and oxygen atoms in total. The number of rotatable bonds is 5. The van der Waals surface area contributed by atoms with Crippen LogP contribution < -0.4 is 5.32 Å². The molecule has 0 fully saturated rings. The van der Waals surface area contributed by atoms with Crippen LogP contribution in [0.1, 0.15) is 12.0 Å². The van der Waals surface area contributed by atoms with Crippen LogP contribution >= 0.6 is 15.9 Å². The molecule has 2 aromatic rings. The summed E-state index contributed by atoms with van der Waals surface area (Å²) in [6.07, 6.45) is 7.40. The highest BCUT2D eigenvalue weighted by Gasteiger charge is 2.02. The number of nitrogens with one attached hydrogen (secondary N) is 1. The van der Waals surface area contributed by atoms with Gasteiger partial charge in [-0.05, 0) is 27.6 Å². The van der Waals surface area contributed by atoms with E-state index in [-0.39, 0.29) is 5.91 Å². The van der Waals surface area contributed by atoms with Gasteiger partial charge < -0.3 is 5.32 Å². The second kappa shape index (κ2) is 6.30. The van der Waals surface area contributed by atoms with Crippen molar-refractivity contribution in [3.8, 4) is 0 Å². The number of halogens is 1. The Morgan fingerprint density at radius 2 is 2.33 bits per heavy atom. The number of nitrogens with zero attached hydrogens (tertiary/aromatic N) is 3. The number of hydrogen-bond acceptors (Lipinski definition) is 3. The van der Waals surface area contributed by atoms with Gasteiger partial charge in [0, 0.05) is 38.1 Å². The summed E-state index contributed by atoms with van der Waals surface area (Å²) >= 11 is 3.31. The van der Waals surface area contributed by atoms with E-state index >= 15 is 0 Å². The van der Waals surface area contributed by atoms with Crippen LogP contribution in [0, 0.1) is 0 Å². The maximum absolute atomic E-state index is 11.6. The standard InChI is InChI=1S/C12H13BrN4O/c13-11-8-16-17(9-11)5-3-12(18)15-7-10-2-1-4-14-6-10/h1-2,4,6,8-9H,3,5,7H2,(H,15,18). The molecule has 0 bridgehead atoms. The molecule has 2 heterocycles. The van der Waals surface area contributed by atoms with Crippen molar-refractivity contribution in [3.05, 3.63) is 47.0 Å². The summed E-state index contributed by atoms with van der Waals surface area (Å²) < 4.78 is 2.64. The molecule has 0 saturated heterocycles. The van der Waals surface area contributed by atoms with E-state index < -0.39 is 0 Å². The van der Waals surface area contributed by atoms with E-state index in [9.17, 15) is 4.79 Å². The number of hydrogen-bond donors (Lipinski definition) is 1. The minimum atomic E-state index is 0.00507. The van der Waals surface area contributed by atoms with Crippen LogP contribution in [0.25, 0.3) is 0 Å². The molecule has 0 spiro atoms. The largest absolute Gasteiger partial charge is 0.352 e. The SMILES string of the molecule is O=C(CCn1cc(Br)cn1)NCc1cccnc1. The van der Waals surface area contributed by atoms with Crippen molar-refractivity contribution in [1.82, 2.24) is 20.1 Å². The summed E-state index contributed by atoms with van der Waals surface area (Å²) in [6.45, 7) is 1.08. The summed E-state index contributed by atoms with van der Waals surface area (Å²) in [5.41, 5.74) is 0.993. The molecule has 6 heteroatoms. The fourth-order valence-corrected chi connectivity index (χ4v) is 1.80. The number of amides is 1. The molecule has 0 saturated carbocycles. The van der Waals surface area contributed by atoms with Gasteiger partial charge in [0.15, 0.2) is 0 Å². The van der Waals surface area contributed by atoms with E-state index in [0.29, 0.717) is 19.5 Å². The van der Waals surface area contributed by atoms with Crippen molar-refractivity contribution in [2.75, 3.05) is 0 Å².